The predicted molar refractivity (Wildman–Crippen MR) is 111 cm³/mol. The van der Waals surface area contributed by atoms with Gasteiger partial charge in [-0.15, -0.1) is 0 Å². The average Bonchev–Trinajstić information content (AvgIpc) is 3.13. The zero-order valence-corrected chi connectivity index (χ0v) is 17.7. The molecule has 3 rings (SSSR count). The molecule has 0 amide bonds. The molecule has 0 bridgehead atoms. The van der Waals surface area contributed by atoms with Crippen LogP contribution in [0.25, 0.3) is 0 Å². The first-order valence-electron chi connectivity index (χ1n) is 9.35. The Bertz CT molecular complexity index is 845. The maximum Gasteiger partial charge on any atom is 0.338 e. The minimum atomic E-state index is -0.350. The van der Waals surface area contributed by atoms with Crippen molar-refractivity contribution in [1.29, 1.82) is 0 Å². The van der Waals surface area contributed by atoms with E-state index >= 15 is 0 Å². The van der Waals surface area contributed by atoms with Gasteiger partial charge in [-0.3, -0.25) is 0 Å². The SMILES string of the molecule is CCOC(=O)C1=C(C)N=C2SC=CN2C1c1ccc(OCC(C)C)c(OC)c1. The van der Waals surface area contributed by atoms with E-state index in [2.05, 4.69) is 18.8 Å². The Kier molecular flexibility index (Phi) is 6.34. The number of nitrogens with zero attached hydrogens (tertiary/aromatic N) is 2. The van der Waals surface area contributed by atoms with Crippen molar-refractivity contribution in [2.45, 2.75) is 33.7 Å². The Hall–Kier alpha value is -2.41. The van der Waals surface area contributed by atoms with Gasteiger partial charge in [0.1, 0.15) is 0 Å². The molecule has 0 N–H and O–H groups in total. The summed E-state index contributed by atoms with van der Waals surface area (Å²) in [6, 6.07) is 5.46. The molecule has 0 aliphatic carbocycles. The quantitative estimate of drug-likeness (QED) is 0.626. The normalized spacial score (nSPS) is 18.3. The topological polar surface area (TPSA) is 60.4 Å². The van der Waals surface area contributed by atoms with E-state index in [1.54, 1.807) is 14.0 Å². The lowest BCUT2D eigenvalue weighted by atomic mass is 9.94. The number of hydrogen-bond acceptors (Lipinski definition) is 7. The molecule has 0 fully saturated rings. The summed E-state index contributed by atoms with van der Waals surface area (Å²) in [5, 5.41) is 2.81. The van der Waals surface area contributed by atoms with Crippen LogP contribution in [0.2, 0.25) is 0 Å². The minimum absolute atomic E-state index is 0.314. The van der Waals surface area contributed by atoms with E-state index in [0.717, 1.165) is 10.7 Å². The number of rotatable bonds is 7. The number of carbonyl (C=O) groups is 1. The predicted octanol–water partition coefficient (Wildman–Crippen LogP) is 4.50. The van der Waals surface area contributed by atoms with Gasteiger partial charge in [-0.2, -0.15) is 0 Å². The zero-order chi connectivity index (χ0) is 20.3. The molecular formula is C21H26N2O4S. The van der Waals surface area contributed by atoms with Gasteiger partial charge in [0.2, 0.25) is 0 Å². The first-order chi connectivity index (χ1) is 13.5. The summed E-state index contributed by atoms with van der Waals surface area (Å²) in [6.45, 7) is 8.76. The summed E-state index contributed by atoms with van der Waals surface area (Å²) in [5.41, 5.74) is 2.12. The Labute approximate surface area is 170 Å². The lowest BCUT2D eigenvalue weighted by Gasteiger charge is -2.33. The molecular weight excluding hydrogens is 376 g/mol. The fourth-order valence-corrected chi connectivity index (χ4v) is 3.92. The summed E-state index contributed by atoms with van der Waals surface area (Å²) < 4.78 is 16.7. The van der Waals surface area contributed by atoms with Crippen molar-refractivity contribution < 1.29 is 19.0 Å². The van der Waals surface area contributed by atoms with Gasteiger partial charge in [0.25, 0.3) is 0 Å². The van der Waals surface area contributed by atoms with Gasteiger partial charge < -0.3 is 19.1 Å². The lowest BCUT2D eigenvalue weighted by molar-refractivity contribution is -0.139. The van der Waals surface area contributed by atoms with Crippen molar-refractivity contribution in [3.8, 4) is 11.5 Å². The van der Waals surface area contributed by atoms with E-state index < -0.39 is 0 Å². The number of benzene rings is 1. The molecule has 1 atom stereocenters. The first-order valence-corrected chi connectivity index (χ1v) is 10.2. The van der Waals surface area contributed by atoms with Gasteiger partial charge >= 0.3 is 5.97 Å². The Balaban J connectivity index is 2.02. The molecule has 1 aromatic carbocycles. The van der Waals surface area contributed by atoms with Gasteiger partial charge in [0, 0.05) is 6.20 Å². The highest BCUT2D eigenvalue weighted by Crippen LogP contribution is 2.43. The third-order valence-electron chi connectivity index (χ3n) is 4.39. The smallest absolute Gasteiger partial charge is 0.338 e. The highest BCUT2D eigenvalue weighted by molar-refractivity contribution is 8.16. The maximum absolute atomic E-state index is 12.7. The number of methoxy groups -OCH3 is 1. The van der Waals surface area contributed by atoms with E-state index in [-0.39, 0.29) is 12.0 Å². The van der Waals surface area contributed by atoms with E-state index in [1.165, 1.54) is 11.8 Å². The molecule has 7 heteroatoms. The molecule has 150 valence electrons. The number of ether oxygens (including phenoxy) is 3. The highest BCUT2D eigenvalue weighted by atomic mass is 32.2. The van der Waals surface area contributed by atoms with E-state index in [0.29, 0.717) is 41.9 Å². The van der Waals surface area contributed by atoms with Crippen molar-refractivity contribution in [2.24, 2.45) is 10.9 Å². The van der Waals surface area contributed by atoms with Crippen LogP contribution < -0.4 is 9.47 Å². The number of thioether (sulfide) groups is 1. The van der Waals surface area contributed by atoms with Crippen LogP contribution in [0, 0.1) is 5.92 Å². The number of aliphatic imine (C=N–C) groups is 1. The largest absolute Gasteiger partial charge is 0.493 e. The van der Waals surface area contributed by atoms with Gasteiger partial charge in [-0.1, -0.05) is 31.7 Å². The Morgan fingerprint density at radius 2 is 2.11 bits per heavy atom. The first kappa shape index (κ1) is 20.3. The summed E-state index contributed by atoms with van der Waals surface area (Å²) >= 11 is 1.53. The standard InChI is InChI=1S/C21H26N2O4S/c1-6-26-20(24)18-14(4)22-21-23(9-10-28-21)19(18)15-7-8-16(17(11-15)25-5)27-12-13(2)3/h7-11,13,19H,6,12H2,1-5H3. The second-order valence-corrected chi connectivity index (χ2v) is 7.81. The van der Waals surface area contributed by atoms with Gasteiger partial charge in [0.05, 0.1) is 37.6 Å². The molecule has 28 heavy (non-hydrogen) atoms. The van der Waals surface area contributed by atoms with Crippen molar-refractivity contribution in [1.82, 2.24) is 4.90 Å². The van der Waals surface area contributed by atoms with Crippen LogP contribution in [-0.2, 0) is 9.53 Å². The number of fused-ring (bicyclic) bond motifs is 1. The second kappa shape index (κ2) is 8.73. The molecule has 0 radical (unpaired) electrons. The molecule has 6 nitrogen and oxygen atoms in total. The van der Waals surface area contributed by atoms with Gasteiger partial charge in [-0.05, 0) is 42.9 Å². The number of allylic oxidation sites excluding steroid dienone is 1. The molecule has 0 saturated carbocycles. The highest BCUT2D eigenvalue weighted by Gasteiger charge is 2.37. The summed E-state index contributed by atoms with van der Waals surface area (Å²) in [6.07, 6.45) is 1.94. The molecule has 0 saturated heterocycles. The van der Waals surface area contributed by atoms with Crippen LogP contribution in [0.15, 0.2) is 46.1 Å². The number of amidine groups is 1. The van der Waals surface area contributed by atoms with E-state index in [4.69, 9.17) is 14.2 Å². The fourth-order valence-electron chi connectivity index (χ4n) is 3.13. The molecule has 2 aliphatic rings. The fraction of sp³-hybridized carbons (Fsp3) is 0.429. The molecule has 0 spiro atoms. The van der Waals surface area contributed by atoms with Crippen molar-refractivity contribution >= 4 is 22.9 Å². The molecule has 0 aromatic heterocycles. The number of carbonyl (C=O) groups excluding carboxylic acids is 1. The van der Waals surface area contributed by atoms with E-state index in [1.807, 2.05) is 41.6 Å². The lowest BCUT2D eigenvalue weighted by Crippen LogP contribution is -2.34. The Morgan fingerprint density at radius 1 is 1.32 bits per heavy atom. The Morgan fingerprint density at radius 3 is 2.79 bits per heavy atom. The second-order valence-electron chi connectivity index (χ2n) is 6.94. The minimum Gasteiger partial charge on any atom is -0.493 e. The van der Waals surface area contributed by atoms with Crippen LogP contribution in [0.4, 0.5) is 0 Å². The van der Waals surface area contributed by atoms with Crippen LogP contribution >= 0.6 is 11.8 Å². The zero-order valence-electron chi connectivity index (χ0n) is 16.9. The molecule has 1 unspecified atom stereocenters. The average molecular weight is 403 g/mol. The van der Waals surface area contributed by atoms with Gasteiger partial charge in [0.15, 0.2) is 16.7 Å². The van der Waals surface area contributed by atoms with Crippen LogP contribution in [0.3, 0.4) is 0 Å². The third-order valence-corrected chi connectivity index (χ3v) is 5.16. The van der Waals surface area contributed by atoms with Gasteiger partial charge in [-0.25, -0.2) is 9.79 Å². The van der Waals surface area contributed by atoms with Crippen LogP contribution in [-0.4, -0.2) is 36.4 Å². The van der Waals surface area contributed by atoms with E-state index in [9.17, 15) is 4.79 Å². The van der Waals surface area contributed by atoms with Crippen molar-refractivity contribution in [3.63, 3.8) is 0 Å². The summed E-state index contributed by atoms with van der Waals surface area (Å²) in [5.74, 6) is 1.39. The monoisotopic (exact) mass is 402 g/mol. The van der Waals surface area contributed by atoms with Crippen LogP contribution in [0.1, 0.15) is 39.3 Å². The number of hydrogen-bond donors (Lipinski definition) is 0. The van der Waals surface area contributed by atoms with Crippen molar-refractivity contribution in [3.05, 3.63) is 46.6 Å². The molecule has 1 aromatic rings. The van der Waals surface area contributed by atoms with Crippen LogP contribution in [0.5, 0.6) is 11.5 Å². The summed E-state index contributed by atoms with van der Waals surface area (Å²) in [7, 11) is 1.62. The maximum atomic E-state index is 12.7. The molecule has 2 aliphatic heterocycles. The number of esters is 1. The summed E-state index contributed by atoms with van der Waals surface area (Å²) in [4.78, 5) is 19.3. The molecule has 2 heterocycles. The van der Waals surface area contributed by atoms with Crippen molar-refractivity contribution in [2.75, 3.05) is 20.3 Å². The third kappa shape index (κ3) is 4.04.